The highest BCUT2D eigenvalue weighted by Crippen LogP contribution is 2.31. The maximum Gasteiger partial charge on any atom is 0.181 e. The van der Waals surface area contributed by atoms with Gasteiger partial charge in [-0.1, -0.05) is 0 Å². The van der Waals surface area contributed by atoms with Gasteiger partial charge in [-0.3, -0.25) is 9.40 Å². The van der Waals surface area contributed by atoms with Gasteiger partial charge in [-0.25, -0.2) is 20.4 Å². The van der Waals surface area contributed by atoms with E-state index < -0.39 is 12.3 Å². The zero-order valence-corrected chi connectivity index (χ0v) is 11.5. The fourth-order valence-corrected chi connectivity index (χ4v) is 2.35. The van der Waals surface area contributed by atoms with Gasteiger partial charge in [-0.2, -0.15) is 0 Å². The Morgan fingerprint density at radius 1 is 1.48 bits per heavy atom. The van der Waals surface area contributed by atoms with Gasteiger partial charge in [0, 0.05) is 6.42 Å². The molecule has 0 saturated carbocycles. The monoisotopic (exact) mass is 295 g/mol. The molecule has 9 heteroatoms. The van der Waals surface area contributed by atoms with Crippen LogP contribution >= 0.6 is 0 Å². The van der Waals surface area contributed by atoms with E-state index in [0.29, 0.717) is 30.0 Å². The van der Waals surface area contributed by atoms with Crippen molar-refractivity contribution in [2.75, 3.05) is 18.7 Å². The predicted molar refractivity (Wildman–Crippen MR) is 72.2 cm³/mol. The molecule has 2 aromatic heterocycles. The van der Waals surface area contributed by atoms with E-state index >= 15 is 0 Å². The number of anilines is 1. The first-order valence-electron chi connectivity index (χ1n) is 6.74. The molecule has 21 heavy (non-hydrogen) atoms. The maximum absolute atomic E-state index is 10.1. The summed E-state index contributed by atoms with van der Waals surface area (Å²) in [5, 5.41) is 19.2. The van der Waals surface area contributed by atoms with Crippen molar-refractivity contribution in [1.29, 1.82) is 0 Å². The summed E-state index contributed by atoms with van der Waals surface area (Å²) < 4.78 is 7.24. The van der Waals surface area contributed by atoms with Crippen LogP contribution in [0.25, 0.3) is 11.2 Å². The first kappa shape index (κ1) is 14.1. The summed E-state index contributed by atoms with van der Waals surface area (Å²) in [6, 6.07) is 0. The molecule has 3 atom stereocenters. The van der Waals surface area contributed by atoms with Crippen LogP contribution in [-0.2, 0) is 9.57 Å². The molecule has 0 amide bonds. The lowest BCUT2D eigenvalue weighted by Crippen LogP contribution is -2.19. The van der Waals surface area contributed by atoms with Crippen LogP contribution < -0.4 is 5.48 Å². The van der Waals surface area contributed by atoms with Gasteiger partial charge in [-0.05, 0) is 6.92 Å². The van der Waals surface area contributed by atoms with Crippen LogP contribution in [0.1, 0.15) is 19.6 Å². The van der Waals surface area contributed by atoms with Crippen molar-refractivity contribution < 1.29 is 19.8 Å². The van der Waals surface area contributed by atoms with Crippen LogP contribution in [0.15, 0.2) is 12.7 Å². The molecule has 0 bridgehead atoms. The second-order valence-electron chi connectivity index (χ2n) is 4.72. The van der Waals surface area contributed by atoms with Crippen molar-refractivity contribution in [1.82, 2.24) is 19.5 Å². The van der Waals surface area contributed by atoms with Crippen LogP contribution in [0.2, 0.25) is 0 Å². The average molecular weight is 295 g/mol. The van der Waals surface area contributed by atoms with Crippen molar-refractivity contribution in [3.8, 4) is 0 Å². The van der Waals surface area contributed by atoms with Crippen LogP contribution in [0.5, 0.6) is 0 Å². The van der Waals surface area contributed by atoms with Crippen molar-refractivity contribution in [2.45, 2.75) is 31.8 Å². The second kappa shape index (κ2) is 5.90. The van der Waals surface area contributed by atoms with Gasteiger partial charge >= 0.3 is 0 Å². The topological polar surface area (TPSA) is 115 Å². The molecule has 3 rings (SSSR count). The Bertz CT molecular complexity index is 619. The molecule has 2 aromatic rings. The third-order valence-corrected chi connectivity index (χ3v) is 3.32. The first-order valence-corrected chi connectivity index (χ1v) is 6.74. The number of rotatable bonds is 5. The minimum absolute atomic E-state index is 0.133. The van der Waals surface area contributed by atoms with Crippen molar-refractivity contribution >= 4 is 17.0 Å². The summed E-state index contributed by atoms with van der Waals surface area (Å²) in [6.45, 7) is 2.20. The Kier molecular flexibility index (Phi) is 3.97. The normalized spacial score (nSPS) is 25.6. The second-order valence-corrected chi connectivity index (χ2v) is 4.72. The number of aromatic nitrogens is 4. The molecule has 1 aliphatic heterocycles. The van der Waals surface area contributed by atoms with E-state index in [0.717, 1.165) is 0 Å². The molecular formula is C12H17N5O4. The molecule has 0 unspecified atom stereocenters. The fourth-order valence-electron chi connectivity index (χ4n) is 2.35. The van der Waals surface area contributed by atoms with Gasteiger partial charge < -0.3 is 14.9 Å². The van der Waals surface area contributed by atoms with E-state index in [2.05, 4.69) is 20.4 Å². The minimum Gasteiger partial charge on any atom is -0.394 e. The van der Waals surface area contributed by atoms with Crippen LogP contribution in [0.3, 0.4) is 0 Å². The highest BCUT2D eigenvalue weighted by atomic mass is 16.6. The molecule has 1 fully saturated rings. The molecule has 0 aliphatic carbocycles. The molecule has 3 N–H and O–H groups in total. The zero-order chi connectivity index (χ0) is 14.8. The third kappa shape index (κ3) is 2.56. The number of hydrogen-bond acceptors (Lipinski definition) is 8. The Labute approximate surface area is 120 Å². The van der Waals surface area contributed by atoms with Gasteiger partial charge in [0.05, 0.1) is 25.6 Å². The molecule has 3 heterocycles. The first-order chi connectivity index (χ1) is 10.2. The Hall–Kier alpha value is -1.81. The van der Waals surface area contributed by atoms with Crippen molar-refractivity contribution in [2.24, 2.45) is 0 Å². The molecule has 1 aliphatic rings. The van der Waals surface area contributed by atoms with Gasteiger partial charge in [0.15, 0.2) is 23.2 Å². The number of nitrogens with one attached hydrogen (secondary N) is 1. The summed E-state index contributed by atoms with van der Waals surface area (Å²) in [4.78, 5) is 17.6. The third-order valence-electron chi connectivity index (χ3n) is 3.32. The smallest absolute Gasteiger partial charge is 0.181 e. The quantitative estimate of drug-likeness (QED) is 0.651. The molecule has 114 valence electrons. The predicted octanol–water partition coefficient (Wildman–Crippen LogP) is -0.170. The van der Waals surface area contributed by atoms with E-state index in [-0.39, 0.29) is 12.7 Å². The van der Waals surface area contributed by atoms with Gasteiger partial charge in [-0.15, -0.1) is 0 Å². The SMILES string of the molecule is CCONc1ncnc2c1ncn2[C@@H]1O[C@H](CO)C[C@H]1O. The van der Waals surface area contributed by atoms with E-state index in [9.17, 15) is 5.11 Å². The number of imidazole rings is 1. The largest absolute Gasteiger partial charge is 0.394 e. The van der Waals surface area contributed by atoms with Gasteiger partial charge in [0.2, 0.25) is 0 Å². The average Bonchev–Trinajstić information content (AvgIpc) is 3.08. The van der Waals surface area contributed by atoms with E-state index in [4.69, 9.17) is 14.7 Å². The van der Waals surface area contributed by atoms with E-state index in [1.54, 1.807) is 4.57 Å². The Morgan fingerprint density at radius 3 is 3.05 bits per heavy atom. The van der Waals surface area contributed by atoms with Crippen molar-refractivity contribution in [3.05, 3.63) is 12.7 Å². The van der Waals surface area contributed by atoms with Gasteiger partial charge in [0.25, 0.3) is 0 Å². The Balaban J connectivity index is 1.93. The highest BCUT2D eigenvalue weighted by molar-refractivity contribution is 5.82. The number of aliphatic hydroxyl groups excluding tert-OH is 2. The summed E-state index contributed by atoms with van der Waals surface area (Å²) in [5.74, 6) is 0.451. The number of nitrogens with zero attached hydrogens (tertiary/aromatic N) is 4. The number of ether oxygens (including phenoxy) is 1. The molecule has 0 aromatic carbocycles. The summed E-state index contributed by atoms with van der Waals surface area (Å²) in [5.41, 5.74) is 3.75. The molecule has 0 radical (unpaired) electrons. The van der Waals surface area contributed by atoms with Crippen LogP contribution in [0.4, 0.5) is 5.82 Å². The number of hydrogen-bond donors (Lipinski definition) is 3. The molecule has 1 saturated heterocycles. The molecular weight excluding hydrogens is 278 g/mol. The van der Waals surface area contributed by atoms with Crippen LogP contribution in [-0.4, -0.2) is 55.2 Å². The lowest BCUT2D eigenvalue weighted by molar-refractivity contribution is -0.0486. The van der Waals surface area contributed by atoms with Gasteiger partial charge in [0.1, 0.15) is 12.4 Å². The summed E-state index contributed by atoms with van der Waals surface area (Å²) in [7, 11) is 0. The molecule has 0 spiro atoms. The van der Waals surface area contributed by atoms with E-state index in [1.807, 2.05) is 6.92 Å². The number of aliphatic hydroxyl groups is 2. The van der Waals surface area contributed by atoms with Crippen molar-refractivity contribution in [3.63, 3.8) is 0 Å². The summed E-state index contributed by atoms with van der Waals surface area (Å²) in [6.07, 6.45) is 1.55. The minimum atomic E-state index is -0.724. The standard InChI is InChI=1S/C12H17N5O4/c1-2-20-16-10-9-11(14-5-13-10)17(6-15-9)12-8(19)3-7(4-18)21-12/h5-8,12,18-19H,2-4H2,1H3,(H,13,14,16)/t7-,8+,12+/m0/s1. The lowest BCUT2D eigenvalue weighted by Gasteiger charge is -2.16. The number of fused-ring (bicyclic) bond motifs is 1. The Morgan fingerprint density at radius 2 is 2.33 bits per heavy atom. The maximum atomic E-state index is 10.1. The van der Waals surface area contributed by atoms with Crippen LogP contribution in [0, 0.1) is 0 Å². The summed E-state index contributed by atoms with van der Waals surface area (Å²) >= 11 is 0. The van der Waals surface area contributed by atoms with E-state index in [1.165, 1.54) is 12.7 Å². The lowest BCUT2D eigenvalue weighted by atomic mass is 10.2. The molecule has 9 nitrogen and oxygen atoms in total. The highest BCUT2D eigenvalue weighted by Gasteiger charge is 2.35. The fraction of sp³-hybridized carbons (Fsp3) is 0.583. The zero-order valence-electron chi connectivity index (χ0n) is 11.5.